The Morgan fingerprint density at radius 2 is 2.00 bits per heavy atom. The zero-order chi connectivity index (χ0) is 13.9. The van der Waals surface area contributed by atoms with E-state index in [4.69, 9.17) is 4.74 Å². The molecule has 0 saturated heterocycles. The van der Waals surface area contributed by atoms with Crippen molar-refractivity contribution in [3.05, 3.63) is 22.7 Å². The molecule has 0 aliphatic heterocycles. The van der Waals surface area contributed by atoms with Crippen LogP contribution in [0.1, 0.15) is 46.0 Å². The number of hydrogen-bond acceptors (Lipinski definition) is 2. The van der Waals surface area contributed by atoms with E-state index in [1.54, 1.807) is 7.11 Å². The number of halogens is 1. The van der Waals surface area contributed by atoms with E-state index in [1.165, 1.54) is 32.1 Å². The van der Waals surface area contributed by atoms with Crippen molar-refractivity contribution < 1.29 is 4.74 Å². The summed E-state index contributed by atoms with van der Waals surface area (Å²) in [5, 5.41) is 3.66. The van der Waals surface area contributed by atoms with Crippen molar-refractivity contribution in [1.29, 1.82) is 0 Å². The van der Waals surface area contributed by atoms with Crippen LogP contribution in [0.25, 0.3) is 0 Å². The predicted octanol–water partition coefficient (Wildman–Crippen LogP) is 5.23. The van der Waals surface area contributed by atoms with Crippen LogP contribution in [0.3, 0.4) is 0 Å². The number of rotatable bonds is 3. The summed E-state index contributed by atoms with van der Waals surface area (Å²) in [5.41, 5.74) is 1.65. The summed E-state index contributed by atoms with van der Waals surface area (Å²) in [6.45, 7) is 4.77. The second-order valence-corrected chi connectivity index (χ2v) is 7.23. The van der Waals surface area contributed by atoms with Gasteiger partial charge >= 0.3 is 0 Å². The van der Waals surface area contributed by atoms with Crippen molar-refractivity contribution in [2.24, 2.45) is 5.41 Å². The topological polar surface area (TPSA) is 21.3 Å². The number of anilines is 1. The van der Waals surface area contributed by atoms with E-state index in [0.717, 1.165) is 15.9 Å². The summed E-state index contributed by atoms with van der Waals surface area (Å²) < 4.78 is 6.37. The number of ether oxygens (including phenoxy) is 1. The molecule has 1 aromatic rings. The summed E-state index contributed by atoms with van der Waals surface area (Å²) >= 11 is 3.53. The van der Waals surface area contributed by atoms with Crippen molar-refractivity contribution in [1.82, 2.24) is 0 Å². The van der Waals surface area contributed by atoms with E-state index < -0.39 is 0 Å². The van der Waals surface area contributed by atoms with Crippen LogP contribution in [0, 0.1) is 5.41 Å². The van der Waals surface area contributed by atoms with Gasteiger partial charge in [0, 0.05) is 22.3 Å². The highest BCUT2D eigenvalue weighted by atomic mass is 79.9. The maximum absolute atomic E-state index is 5.31. The van der Waals surface area contributed by atoms with Crippen LogP contribution in [0.4, 0.5) is 5.69 Å². The summed E-state index contributed by atoms with van der Waals surface area (Å²) in [6.07, 6.45) is 6.47. The molecule has 0 bridgehead atoms. The smallest absolute Gasteiger partial charge is 0.122 e. The lowest BCUT2D eigenvalue weighted by Gasteiger charge is -2.22. The Morgan fingerprint density at radius 1 is 1.21 bits per heavy atom. The maximum atomic E-state index is 5.31. The van der Waals surface area contributed by atoms with Crippen molar-refractivity contribution in [2.45, 2.75) is 52.0 Å². The summed E-state index contributed by atoms with van der Waals surface area (Å²) in [4.78, 5) is 0. The van der Waals surface area contributed by atoms with Gasteiger partial charge in [0.25, 0.3) is 0 Å². The lowest BCUT2D eigenvalue weighted by atomic mass is 9.85. The maximum Gasteiger partial charge on any atom is 0.122 e. The summed E-state index contributed by atoms with van der Waals surface area (Å²) in [5.74, 6) is 0.894. The van der Waals surface area contributed by atoms with E-state index in [9.17, 15) is 0 Å². The minimum Gasteiger partial charge on any atom is -0.497 e. The lowest BCUT2D eigenvalue weighted by Crippen LogP contribution is -2.19. The average molecular weight is 326 g/mol. The van der Waals surface area contributed by atoms with Crippen molar-refractivity contribution >= 4 is 21.6 Å². The van der Waals surface area contributed by atoms with E-state index >= 15 is 0 Å². The van der Waals surface area contributed by atoms with Crippen LogP contribution >= 0.6 is 15.9 Å². The largest absolute Gasteiger partial charge is 0.497 e. The van der Waals surface area contributed by atoms with Gasteiger partial charge in [0.05, 0.1) is 7.11 Å². The second kappa shape index (κ2) is 6.17. The van der Waals surface area contributed by atoms with Gasteiger partial charge in [-0.2, -0.15) is 0 Å². The fourth-order valence-electron chi connectivity index (χ4n) is 2.81. The number of hydrogen-bond donors (Lipinski definition) is 1. The molecule has 0 radical (unpaired) electrons. The molecule has 1 aromatic carbocycles. The molecule has 2 nitrogen and oxygen atoms in total. The van der Waals surface area contributed by atoms with Crippen LogP contribution in [0.15, 0.2) is 22.7 Å². The molecule has 1 atom stereocenters. The molecule has 1 unspecified atom stereocenters. The van der Waals surface area contributed by atoms with E-state index in [2.05, 4.69) is 47.2 Å². The standard InChI is InChI=1S/C16H24BrNO/c1-16(2)7-4-5-13(6-8-16)18-14-9-12(17)10-15(11-14)19-3/h9-11,13,18H,4-8H2,1-3H3. The summed E-state index contributed by atoms with van der Waals surface area (Å²) in [6, 6.07) is 6.77. The predicted molar refractivity (Wildman–Crippen MR) is 85.0 cm³/mol. The molecule has 1 aliphatic carbocycles. The molecule has 1 saturated carbocycles. The van der Waals surface area contributed by atoms with Gasteiger partial charge in [-0.3, -0.25) is 0 Å². The quantitative estimate of drug-likeness (QED) is 0.768. The van der Waals surface area contributed by atoms with Crippen LogP contribution in [0.5, 0.6) is 5.75 Å². The molecular formula is C16H24BrNO. The zero-order valence-electron chi connectivity index (χ0n) is 12.1. The first-order valence-corrected chi connectivity index (χ1v) is 7.89. The highest BCUT2D eigenvalue weighted by Crippen LogP contribution is 2.35. The van der Waals surface area contributed by atoms with Crippen LogP contribution in [-0.2, 0) is 0 Å². The molecular weight excluding hydrogens is 302 g/mol. The van der Waals surface area contributed by atoms with Gasteiger partial charge < -0.3 is 10.1 Å². The van der Waals surface area contributed by atoms with Crippen molar-refractivity contribution in [3.8, 4) is 5.75 Å². The SMILES string of the molecule is COc1cc(Br)cc(NC2CCCC(C)(C)CC2)c1. The summed E-state index contributed by atoms with van der Waals surface area (Å²) in [7, 11) is 1.71. The van der Waals surface area contributed by atoms with Gasteiger partial charge in [0.1, 0.15) is 5.75 Å². The highest BCUT2D eigenvalue weighted by molar-refractivity contribution is 9.10. The van der Waals surface area contributed by atoms with Gasteiger partial charge in [0.2, 0.25) is 0 Å². The van der Waals surface area contributed by atoms with Crippen LogP contribution in [-0.4, -0.2) is 13.2 Å². The Labute approximate surface area is 125 Å². The van der Waals surface area contributed by atoms with Gasteiger partial charge in [-0.05, 0) is 43.2 Å². The Kier molecular flexibility index (Phi) is 4.77. The van der Waals surface area contributed by atoms with Gasteiger partial charge in [-0.1, -0.05) is 36.2 Å². The van der Waals surface area contributed by atoms with E-state index in [0.29, 0.717) is 11.5 Å². The zero-order valence-corrected chi connectivity index (χ0v) is 13.7. The minimum absolute atomic E-state index is 0.505. The normalized spacial score (nSPS) is 22.6. The third kappa shape index (κ3) is 4.41. The third-order valence-corrected chi connectivity index (χ3v) is 4.51. The molecule has 0 heterocycles. The third-order valence-electron chi connectivity index (χ3n) is 4.05. The Hall–Kier alpha value is -0.700. The molecule has 0 amide bonds. The van der Waals surface area contributed by atoms with Gasteiger partial charge in [0.15, 0.2) is 0 Å². The van der Waals surface area contributed by atoms with Crippen LogP contribution < -0.4 is 10.1 Å². The molecule has 1 aliphatic rings. The molecule has 0 spiro atoms. The molecule has 0 aromatic heterocycles. The monoisotopic (exact) mass is 325 g/mol. The Morgan fingerprint density at radius 3 is 2.74 bits per heavy atom. The first kappa shape index (κ1) is 14.7. The lowest BCUT2D eigenvalue weighted by molar-refractivity contribution is 0.313. The van der Waals surface area contributed by atoms with E-state index in [-0.39, 0.29) is 0 Å². The molecule has 2 rings (SSSR count). The van der Waals surface area contributed by atoms with Crippen LogP contribution in [0.2, 0.25) is 0 Å². The highest BCUT2D eigenvalue weighted by Gasteiger charge is 2.24. The first-order chi connectivity index (χ1) is 8.98. The molecule has 1 fully saturated rings. The van der Waals surface area contributed by atoms with Gasteiger partial charge in [-0.15, -0.1) is 0 Å². The minimum atomic E-state index is 0.505. The molecule has 3 heteroatoms. The fraction of sp³-hybridized carbons (Fsp3) is 0.625. The second-order valence-electron chi connectivity index (χ2n) is 6.32. The first-order valence-electron chi connectivity index (χ1n) is 7.10. The van der Waals surface area contributed by atoms with Crippen molar-refractivity contribution in [2.75, 3.05) is 12.4 Å². The average Bonchev–Trinajstić information content (AvgIpc) is 2.50. The van der Waals surface area contributed by atoms with Crippen molar-refractivity contribution in [3.63, 3.8) is 0 Å². The molecule has 19 heavy (non-hydrogen) atoms. The molecule has 106 valence electrons. The Balaban J connectivity index is 2.02. The molecule has 1 N–H and O–H groups in total. The van der Waals surface area contributed by atoms with E-state index in [1.807, 2.05) is 6.07 Å². The van der Waals surface area contributed by atoms with Gasteiger partial charge in [-0.25, -0.2) is 0 Å². The Bertz CT molecular complexity index is 431. The number of methoxy groups -OCH3 is 1. The number of benzene rings is 1. The fourth-order valence-corrected chi connectivity index (χ4v) is 3.28. The number of nitrogens with one attached hydrogen (secondary N) is 1.